The van der Waals surface area contributed by atoms with Crippen LogP contribution in [0.4, 0.5) is 65.9 Å². The fourth-order valence-corrected chi connectivity index (χ4v) is 2.66. The fourth-order valence-electron chi connectivity index (χ4n) is 2.66. The number of halogens is 15. The molecule has 2 unspecified atom stereocenters. The molecule has 0 aliphatic carbocycles. The molecule has 0 amide bonds. The molecule has 0 N–H and O–H groups in total. The first kappa shape index (κ1) is 24.5. The van der Waals surface area contributed by atoms with E-state index < -0.39 is 78.4 Å². The maximum atomic E-state index is 13.0. The van der Waals surface area contributed by atoms with Crippen molar-refractivity contribution < 1.29 is 65.9 Å². The van der Waals surface area contributed by atoms with Crippen LogP contribution in [0.15, 0.2) is 11.3 Å². The Morgan fingerprint density at radius 2 is 0.857 bits per heavy atom. The second-order valence-corrected chi connectivity index (χ2v) is 5.83. The zero-order valence-electron chi connectivity index (χ0n) is 12.9. The van der Waals surface area contributed by atoms with E-state index in [-0.39, 0.29) is 0 Å². The van der Waals surface area contributed by atoms with Crippen molar-refractivity contribution in [3.05, 3.63) is 11.3 Å². The second-order valence-electron chi connectivity index (χ2n) is 5.83. The van der Waals surface area contributed by atoms with Gasteiger partial charge >= 0.3 is 30.9 Å². The number of rotatable bonds is 1. The number of hydrogen-bond donors (Lipinski definition) is 0. The zero-order valence-corrected chi connectivity index (χ0v) is 12.9. The van der Waals surface area contributed by atoms with Crippen molar-refractivity contribution in [2.75, 3.05) is 13.1 Å². The molecule has 1 saturated heterocycles. The molecule has 16 heteroatoms. The molecule has 0 radical (unpaired) electrons. The molecule has 1 fully saturated rings. The van der Waals surface area contributed by atoms with Gasteiger partial charge in [-0.3, -0.25) is 0 Å². The molecule has 166 valence electrons. The van der Waals surface area contributed by atoms with Crippen molar-refractivity contribution in [3.63, 3.8) is 0 Å². The van der Waals surface area contributed by atoms with E-state index in [4.69, 9.17) is 0 Å². The number of alkyl halides is 15. The molecule has 0 saturated carbocycles. The van der Waals surface area contributed by atoms with E-state index in [1.165, 1.54) is 0 Å². The zero-order chi connectivity index (χ0) is 22.5. The van der Waals surface area contributed by atoms with Crippen LogP contribution < -0.4 is 0 Å². The highest BCUT2D eigenvalue weighted by Gasteiger charge is 2.61. The van der Waals surface area contributed by atoms with Crippen LogP contribution in [-0.2, 0) is 0 Å². The Hall–Kier alpha value is -1.51. The fraction of sp³-hybridized carbons (Fsp3) is 0.833. The quantitative estimate of drug-likeness (QED) is 0.443. The minimum atomic E-state index is -6.75. The number of allylic oxidation sites excluding steroid dienone is 2. The predicted octanol–water partition coefficient (Wildman–Crippen LogP) is 5.99. The van der Waals surface area contributed by atoms with E-state index in [0.29, 0.717) is 0 Å². The van der Waals surface area contributed by atoms with Gasteiger partial charge in [-0.1, -0.05) is 0 Å². The summed E-state index contributed by atoms with van der Waals surface area (Å²) in [6.45, 7) is -4.30. The van der Waals surface area contributed by atoms with Gasteiger partial charge in [-0.05, 0) is 6.42 Å². The normalized spacial score (nSPS) is 23.0. The molecule has 0 spiro atoms. The molecule has 1 nitrogen and oxygen atoms in total. The Morgan fingerprint density at radius 3 is 1.07 bits per heavy atom. The average molecular weight is 451 g/mol. The largest absolute Gasteiger partial charge is 0.431 e. The molecule has 0 aromatic carbocycles. The maximum Gasteiger partial charge on any atom is 0.431 e. The number of hydrogen-bond acceptors (Lipinski definition) is 1. The third-order valence-electron chi connectivity index (χ3n) is 3.76. The SMILES string of the molecule is FC(F)(F)C(=C(C(F)(F)F)C(F)(F)F)N1CC(C(F)(F)F)CC(C(F)(F)F)C1. The highest BCUT2D eigenvalue weighted by molar-refractivity contribution is 5.27. The van der Waals surface area contributed by atoms with Gasteiger partial charge < -0.3 is 4.90 Å². The smallest absolute Gasteiger partial charge is 0.366 e. The molecule has 0 bridgehead atoms. The van der Waals surface area contributed by atoms with Gasteiger partial charge in [0.05, 0.1) is 11.8 Å². The summed E-state index contributed by atoms with van der Waals surface area (Å²) in [4.78, 5) is -1.18. The van der Waals surface area contributed by atoms with Crippen LogP contribution in [0.3, 0.4) is 0 Å². The van der Waals surface area contributed by atoms with Gasteiger partial charge in [0, 0.05) is 13.1 Å². The summed E-state index contributed by atoms with van der Waals surface area (Å²) in [6, 6.07) is 0. The summed E-state index contributed by atoms with van der Waals surface area (Å²) in [7, 11) is 0. The standard InChI is InChI=1S/C12H8F15N/c13-8(14,15)4-1-5(9(16,17)18)3-28(2-4)7(12(25,26)27)6(10(19,20)21)11(22,23)24/h4-5H,1-3H2. The van der Waals surface area contributed by atoms with E-state index in [0.717, 1.165) is 0 Å². The van der Waals surface area contributed by atoms with E-state index in [1.807, 2.05) is 0 Å². The summed E-state index contributed by atoms with van der Waals surface area (Å²) in [5.74, 6) is -6.46. The van der Waals surface area contributed by atoms with Crippen molar-refractivity contribution in [2.45, 2.75) is 37.3 Å². The van der Waals surface area contributed by atoms with Crippen molar-refractivity contribution >= 4 is 0 Å². The Bertz CT molecular complexity index is 547. The van der Waals surface area contributed by atoms with E-state index in [1.54, 1.807) is 0 Å². The monoisotopic (exact) mass is 451 g/mol. The Kier molecular flexibility index (Phi) is 6.20. The van der Waals surface area contributed by atoms with Crippen molar-refractivity contribution in [1.82, 2.24) is 4.90 Å². The molecule has 0 aromatic heterocycles. The van der Waals surface area contributed by atoms with Gasteiger partial charge in [0.15, 0.2) is 5.57 Å². The van der Waals surface area contributed by atoms with Crippen LogP contribution in [0.5, 0.6) is 0 Å². The molecule has 1 aliphatic rings. The van der Waals surface area contributed by atoms with Gasteiger partial charge in [-0.25, -0.2) is 0 Å². The molecule has 28 heavy (non-hydrogen) atoms. The van der Waals surface area contributed by atoms with Gasteiger partial charge in [0.2, 0.25) is 0 Å². The molecule has 2 atom stereocenters. The highest BCUT2D eigenvalue weighted by atomic mass is 19.4. The molecular formula is C12H8F15N. The second kappa shape index (κ2) is 7.07. The van der Waals surface area contributed by atoms with Crippen LogP contribution >= 0.6 is 0 Å². The van der Waals surface area contributed by atoms with Crippen LogP contribution in [0.25, 0.3) is 0 Å². The van der Waals surface area contributed by atoms with E-state index in [2.05, 4.69) is 0 Å². The molecule has 0 aromatic rings. The Balaban J connectivity index is 3.71. The van der Waals surface area contributed by atoms with E-state index >= 15 is 0 Å². The number of likely N-dealkylation sites (tertiary alicyclic amines) is 1. The van der Waals surface area contributed by atoms with Crippen molar-refractivity contribution in [3.8, 4) is 0 Å². The lowest BCUT2D eigenvalue weighted by Crippen LogP contribution is -2.52. The van der Waals surface area contributed by atoms with Crippen LogP contribution in [-0.4, -0.2) is 48.9 Å². The first-order chi connectivity index (χ1) is 12.1. The van der Waals surface area contributed by atoms with Crippen LogP contribution in [0, 0.1) is 11.8 Å². The Labute approximate surface area is 145 Å². The predicted molar refractivity (Wildman–Crippen MR) is 60.5 cm³/mol. The molecule has 1 rings (SSSR count). The first-order valence-electron chi connectivity index (χ1n) is 6.90. The summed E-state index contributed by atoms with van der Waals surface area (Å²) >= 11 is 0. The summed E-state index contributed by atoms with van der Waals surface area (Å²) in [5, 5.41) is 0. The van der Waals surface area contributed by atoms with Gasteiger partial charge in [-0.15, -0.1) is 0 Å². The average Bonchev–Trinajstić information content (AvgIpc) is 2.38. The lowest BCUT2D eigenvalue weighted by molar-refractivity contribution is -0.235. The van der Waals surface area contributed by atoms with E-state index in [9.17, 15) is 65.9 Å². The van der Waals surface area contributed by atoms with Crippen LogP contribution in [0.1, 0.15) is 6.42 Å². The van der Waals surface area contributed by atoms with Crippen molar-refractivity contribution in [1.29, 1.82) is 0 Å². The number of piperidine rings is 1. The summed E-state index contributed by atoms with van der Waals surface area (Å²) < 4.78 is 192. The maximum absolute atomic E-state index is 13.0. The van der Waals surface area contributed by atoms with Crippen LogP contribution in [0.2, 0.25) is 0 Å². The highest BCUT2D eigenvalue weighted by Crippen LogP contribution is 2.49. The number of nitrogens with zero attached hydrogens (tertiary/aromatic N) is 1. The van der Waals surface area contributed by atoms with Crippen molar-refractivity contribution in [2.24, 2.45) is 11.8 Å². The lowest BCUT2D eigenvalue weighted by atomic mass is 9.87. The minimum absolute atomic E-state index is 1.18. The summed E-state index contributed by atoms with van der Waals surface area (Å²) in [6.07, 6.45) is -33.0. The third kappa shape index (κ3) is 5.75. The van der Waals surface area contributed by atoms with Gasteiger partial charge in [-0.2, -0.15) is 65.9 Å². The summed E-state index contributed by atoms with van der Waals surface area (Å²) in [5.41, 5.74) is -7.87. The van der Waals surface area contributed by atoms with Gasteiger partial charge in [0.25, 0.3) is 0 Å². The topological polar surface area (TPSA) is 3.24 Å². The third-order valence-corrected chi connectivity index (χ3v) is 3.76. The first-order valence-corrected chi connectivity index (χ1v) is 6.90. The molecule has 1 aliphatic heterocycles. The lowest BCUT2D eigenvalue weighted by Gasteiger charge is -2.42. The minimum Gasteiger partial charge on any atom is -0.366 e. The van der Waals surface area contributed by atoms with Gasteiger partial charge in [0.1, 0.15) is 5.70 Å². The molecular weight excluding hydrogens is 443 g/mol. The Morgan fingerprint density at radius 1 is 0.536 bits per heavy atom. The molecule has 1 heterocycles.